The number of rotatable bonds is 0. The molecule has 6 heteroatoms. The lowest BCUT2D eigenvalue weighted by Crippen LogP contribution is -2.20. The minimum atomic E-state index is -2.02. The molecule has 0 atom stereocenters. The number of phenols is 2. The van der Waals surface area contributed by atoms with Crippen molar-refractivity contribution in [1.29, 1.82) is 0 Å². The Balaban J connectivity index is 1.51. The van der Waals surface area contributed by atoms with Crippen molar-refractivity contribution in [1.82, 2.24) is 0 Å². The lowest BCUT2D eigenvalue weighted by Gasteiger charge is -2.33. The molecule has 2 N–H and O–H groups in total. The van der Waals surface area contributed by atoms with Crippen LogP contribution in [0.4, 0.5) is 0 Å². The second kappa shape index (κ2) is 14.5. The molecule has 0 spiro atoms. The van der Waals surface area contributed by atoms with Crippen molar-refractivity contribution in [3.05, 3.63) is 144 Å². The Morgan fingerprint density at radius 3 is 0.672 bits per heavy atom. The fraction of sp³-hybridized carbons (Fsp3) is 0.455. The van der Waals surface area contributed by atoms with E-state index in [1.54, 1.807) is 0 Å². The van der Waals surface area contributed by atoms with E-state index in [1.165, 1.54) is 16.7 Å². The van der Waals surface area contributed by atoms with E-state index >= 15 is 0 Å². The van der Waals surface area contributed by atoms with Crippen molar-refractivity contribution in [2.75, 3.05) is 0 Å². The van der Waals surface area contributed by atoms with Gasteiger partial charge in [0.1, 0.15) is 28.7 Å². The zero-order valence-electron chi connectivity index (χ0n) is 39.4. The first kappa shape index (κ1) is 43.2. The molecule has 5 aromatic carbocycles. The summed E-state index contributed by atoms with van der Waals surface area (Å²) in [5.74, 6) is 2.86. The largest absolute Gasteiger partial charge is 0.530 e. The Kier molecular flexibility index (Phi) is 10.3. The minimum absolute atomic E-state index is 0.106. The van der Waals surface area contributed by atoms with Crippen LogP contribution in [-0.4, -0.2) is 10.2 Å². The maximum absolute atomic E-state index is 12.4. The highest BCUT2D eigenvalue weighted by Gasteiger charge is 2.36. The maximum atomic E-state index is 12.4. The Morgan fingerprint density at radius 2 is 0.475 bits per heavy atom. The fourth-order valence-electron chi connectivity index (χ4n) is 8.93. The topological polar surface area (TPSA) is 68.2 Å². The number of hydrogen-bond donors (Lipinski definition) is 2. The lowest BCUT2D eigenvalue weighted by atomic mass is 9.79. The normalized spacial score (nSPS) is 15.6. The molecular formula is C55H67O5P. The summed E-state index contributed by atoms with van der Waals surface area (Å²) in [4.78, 5) is 0. The minimum Gasteiger partial charge on any atom is -0.507 e. The van der Waals surface area contributed by atoms with Crippen LogP contribution in [0.3, 0.4) is 0 Å². The predicted octanol–water partition coefficient (Wildman–Crippen LogP) is 14.2. The number of fused-ring (bicyclic) bond motifs is 4. The van der Waals surface area contributed by atoms with E-state index in [1.807, 2.05) is 0 Å². The third-order valence-corrected chi connectivity index (χ3v) is 14.0. The second-order valence-corrected chi connectivity index (χ2v) is 24.3. The van der Waals surface area contributed by atoms with Gasteiger partial charge in [0.05, 0.1) is 0 Å². The molecule has 5 nitrogen and oxygen atoms in total. The van der Waals surface area contributed by atoms with Gasteiger partial charge in [-0.25, -0.2) is 0 Å². The SMILES string of the molecule is CC(C)(C)c1cc2c(O)c(c1)Cc1cc(C(C)(C)C)cc3c1OP1Oc4c(cc(C(C)(C)C)cc4Cc4cc(C(C)(C)C)cc(c4O1)C3)Cc1cc(C(C)(C)C)cc(c1O)C2. The van der Waals surface area contributed by atoms with E-state index in [0.717, 1.165) is 84.0 Å². The number of hydrogen-bond acceptors (Lipinski definition) is 5. The molecule has 0 aliphatic carbocycles. The summed E-state index contributed by atoms with van der Waals surface area (Å²) in [6.07, 6.45) is 2.52. The van der Waals surface area contributed by atoms with Crippen molar-refractivity contribution < 1.29 is 23.8 Å². The van der Waals surface area contributed by atoms with Gasteiger partial charge in [0.15, 0.2) is 0 Å². The average molecular weight is 839 g/mol. The van der Waals surface area contributed by atoms with E-state index in [9.17, 15) is 10.2 Å². The highest BCUT2D eigenvalue weighted by molar-refractivity contribution is 7.43. The second-order valence-electron chi connectivity index (χ2n) is 23.3. The third kappa shape index (κ3) is 8.41. The molecule has 61 heavy (non-hydrogen) atoms. The number of phenolic OH excluding ortho intramolecular Hbond substituents is 2. The van der Waals surface area contributed by atoms with E-state index < -0.39 is 8.60 Å². The van der Waals surface area contributed by atoms with Gasteiger partial charge in [-0.15, -0.1) is 0 Å². The highest BCUT2D eigenvalue weighted by Crippen LogP contribution is 2.55. The summed E-state index contributed by atoms with van der Waals surface area (Å²) in [7, 11) is -2.02. The standard InChI is InChI=1S/C55H67O5P/c1-51(2,3)41-21-31-16-32-22-42(52(4,5)6)24-34(47(32)57)18-36-26-44(54(10,11)12)28-38-20-40-30-45(55(13,14)15)29-39-19-37-27-43(53(7,8)9)25-35(17-33(23-41)46(31)56)48(37)58-61(59-49(36)38)60-50(39)40/h21-30,56-57H,16-20H2,1-15H3. The van der Waals surface area contributed by atoms with Crippen LogP contribution in [-0.2, 0) is 59.2 Å². The molecule has 3 aliphatic rings. The summed E-state index contributed by atoms with van der Waals surface area (Å²) in [6.45, 7) is 33.7. The molecule has 8 bridgehead atoms. The molecule has 0 radical (unpaired) electrons. The van der Waals surface area contributed by atoms with Gasteiger partial charge in [-0.3, -0.25) is 0 Å². The molecule has 0 saturated carbocycles. The molecular weight excluding hydrogens is 772 g/mol. The highest BCUT2D eigenvalue weighted by atomic mass is 31.2. The van der Waals surface area contributed by atoms with Crippen LogP contribution in [0.1, 0.15) is 187 Å². The zero-order chi connectivity index (χ0) is 44.4. The zero-order valence-corrected chi connectivity index (χ0v) is 40.3. The van der Waals surface area contributed by atoms with Crippen molar-refractivity contribution in [3.63, 3.8) is 0 Å². The monoisotopic (exact) mass is 838 g/mol. The lowest BCUT2D eigenvalue weighted by molar-refractivity contribution is 0.371. The summed E-state index contributed by atoms with van der Waals surface area (Å²) < 4.78 is 21.5. The van der Waals surface area contributed by atoms with E-state index in [2.05, 4.69) is 165 Å². The molecule has 3 aliphatic heterocycles. The van der Waals surface area contributed by atoms with Crippen molar-refractivity contribution in [2.45, 2.75) is 163 Å². The average Bonchev–Trinajstić information content (AvgIpc) is 3.10. The summed E-state index contributed by atoms with van der Waals surface area (Å²) in [6, 6.07) is 22.5. The molecule has 0 amide bonds. The van der Waals surface area contributed by atoms with Crippen LogP contribution in [0.15, 0.2) is 60.7 Å². The Bertz CT molecular complexity index is 2410. The van der Waals surface area contributed by atoms with Crippen LogP contribution >= 0.6 is 8.60 Å². The van der Waals surface area contributed by atoms with E-state index in [-0.39, 0.29) is 38.6 Å². The Labute approximate surface area is 366 Å². The van der Waals surface area contributed by atoms with Crippen LogP contribution in [0, 0.1) is 0 Å². The van der Waals surface area contributed by atoms with Gasteiger partial charge in [0, 0.05) is 32.1 Å². The third-order valence-electron chi connectivity index (χ3n) is 13.0. The van der Waals surface area contributed by atoms with Gasteiger partial charge >= 0.3 is 8.60 Å². The molecule has 3 heterocycles. The van der Waals surface area contributed by atoms with Crippen molar-refractivity contribution >= 4 is 8.60 Å². The number of benzene rings is 5. The Morgan fingerprint density at radius 1 is 0.311 bits per heavy atom. The first-order chi connectivity index (χ1) is 28.1. The molecule has 0 aromatic heterocycles. The van der Waals surface area contributed by atoms with E-state index in [0.29, 0.717) is 32.1 Å². The molecule has 5 aromatic rings. The molecule has 8 rings (SSSR count). The predicted molar refractivity (Wildman–Crippen MR) is 252 cm³/mol. The fourth-order valence-corrected chi connectivity index (χ4v) is 10.2. The van der Waals surface area contributed by atoms with Crippen molar-refractivity contribution in [3.8, 4) is 28.7 Å². The van der Waals surface area contributed by atoms with Gasteiger partial charge in [0.2, 0.25) is 0 Å². The molecule has 0 unspecified atom stereocenters. The van der Waals surface area contributed by atoms with Crippen LogP contribution in [0.5, 0.6) is 28.7 Å². The first-order valence-electron chi connectivity index (χ1n) is 22.2. The van der Waals surface area contributed by atoms with Gasteiger partial charge in [-0.05, 0) is 111 Å². The first-order valence-corrected chi connectivity index (χ1v) is 23.3. The van der Waals surface area contributed by atoms with Gasteiger partial charge in [-0.2, -0.15) is 0 Å². The van der Waals surface area contributed by atoms with Gasteiger partial charge in [-0.1, -0.05) is 165 Å². The van der Waals surface area contributed by atoms with Crippen LogP contribution in [0.2, 0.25) is 0 Å². The van der Waals surface area contributed by atoms with Gasteiger partial charge < -0.3 is 23.8 Å². The van der Waals surface area contributed by atoms with Crippen LogP contribution < -0.4 is 13.6 Å². The molecule has 0 fully saturated rings. The smallest absolute Gasteiger partial charge is 0.507 e. The number of aromatic hydroxyl groups is 2. The molecule has 322 valence electrons. The van der Waals surface area contributed by atoms with Gasteiger partial charge in [0.25, 0.3) is 0 Å². The van der Waals surface area contributed by atoms with E-state index in [4.69, 9.17) is 13.6 Å². The Hall–Kier alpha value is -4.47. The van der Waals surface area contributed by atoms with Crippen LogP contribution in [0.25, 0.3) is 0 Å². The maximum Gasteiger partial charge on any atom is 0.530 e. The summed E-state index contributed by atoms with van der Waals surface area (Å²) in [5, 5.41) is 24.9. The summed E-state index contributed by atoms with van der Waals surface area (Å²) >= 11 is 0. The quantitative estimate of drug-likeness (QED) is 0.149. The summed E-state index contributed by atoms with van der Waals surface area (Å²) in [5.41, 5.74) is 14.8. The molecule has 0 saturated heterocycles. The van der Waals surface area contributed by atoms with Crippen molar-refractivity contribution in [2.24, 2.45) is 0 Å².